The van der Waals surface area contributed by atoms with Gasteiger partial charge in [0.2, 0.25) is 0 Å². The highest BCUT2D eigenvalue weighted by Gasteiger charge is 2.22. The van der Waals surface area contributed by atoms with Crippen molar-refractivity contribution in [2.45, 2.75) is 44.3 Å². The summed E-state index contributed by atoms with van der Waals surface area (Å²) in [5.74, 6) is 0.608. The lowest BCUT2D eigenvalue weighted by molar-refractivity contribution is 0.0379. The molecule has 2 fully saturated rings. The van der Waals surface area contributed by atoms with Gasteiger partial charge in [0.25, 0.3) is 0 Å². The summed E-state index contributed by atoms with van der Waals surface area (Å²) in [5, 5.41) is 8.02. The van der Waals surface area contributed by atoms with E-state index in [1.165, 1.54) is 6.07 Å². The number of imidazole rings is 1. The Morgan fingerprint density at radius 3 is 2.62 bits per heavy atom. The summed E-state index contributed by atoms with van der Waals surface area (Å²) in [6.07, 6.45) is 8.07. The molecular formula is C31H36ClFN6O. The largest absolute Gasteiger partial charge is 0.379 e. The van der Waals surface area contributed by atoms with E-state index in [4.69, 9.17) is 16.3 Å². The zero-order chi connectivity index (χ0) is 27.3. The van der Waals surface area contributed by atoms with E-state index in [1.54, 1.807) is 24.7 Å². The van der Waals surface area contributed by atoms with Crippen molar-refractivity contribution >= 4 is 28.5 Å². The number of nitrogens with zero attached hydrogens (tertiary/aromatic N) is 4. The van der Waals surface area contributed by atoms with Gasteiger partial charge < -0.3 is 19.9 Å². The Bertz CT molecular complexity index is 1430. The molecule has 4 aromatic rings. The lowest BCUT2D eigenvalue weighted by Crippen LogP contribution is -2.43. The molecule has 0 radical (unpaired) electrons. The zero-order valence-corrected chi connectivity index (χ0v) is 23.4. The molecule has 2 aliphatic rings. The van der Waals surface area contributed by atoms with Crippen LogP contribution in [-0.2, 0) is 11.3 Å². The summed E-state index contributed by atoms with van der Waals surface area (Å²) in [5.41, 5.74) is 4.68. The first kappa shape index (κ1) is 27.1. The second-order valence-corrected chi connectivity index (χ2v) is 11.3. The van der Waals surface area contributed by atoms with Crippen molar-refractivity contribution in [1.82, 2.24) is 24.8 Å². The molecular weight excluding hydrogens is 527 g/mol. The van der Waals surface area contributed by atoms with Crippen molar-refractivity contribution in [3.8, 4) is 11.1 Å². The number of hydrogen-bond acceptors (Lipinski definition) is 6. The maximum atomic E-state index is 13.7. The molecule has 0 amide bonds. The van der Waals surface area contributed by atoms with Crippen molar-refractivity contribution in [1.29, 1.82) is 0 Å². The summed E-state index contributed by atoms with van der Waals surface area (Å²) < 4.78 is 21.2. The number of halogens is 2. The van der Waals surface area contributed by atoms with E-state index in [0.29, 0.717) is 23.7 Å². The molecule has 1 saturated heterocycles. The van der Waals surface area contributed by atoms with Crippen LogP contribution >= 0.6 is 11.6 Å². The molecule has 0 unspecified atom stereocenters. The number of benzene rings is 2. The molecule has 0 atom stereocenters. The number of nitrogens with one attached hydrogen (secondary N) is 2. The summed E-state index contributed by atoms with van der Waals surface area (Å²) >= 11 is 6.64. The van der Waals surface area contributed by atoms with E-state index < -0.39 is 0 Å². The lowest BCUT2D eigenvalue weighted by atomic mass is 9.91. The zero-order valence-electron chi connectivity index (χ0n) is 22.7. The van der Waals surface area contributed by atoms with Gasteiger partial charge in [0.15, 0.2) is 0 Å². The molecule has 2 aromatic carbocycles. The van der Waals surface area contributed by atoms with Crippen molar-refractivity contribution in [3.05, 3.63) is 77.5 Å². The molecule has 9 heteroatoms. The molecule has 3 heterocycles. The number of ether oxygens (including phenoxy) is 1. The van der Waals surface area contributed by atoms with E-state index in [0.717, 1.165) is 98.6 Å². The number of fused-ring (bicyclic) bond motifs is 1. The number of rotatable bonds is 9. The van der Waals surface area contributed by atoms with Crippen LogP contribution in [0.5, 0.6) is 0 Å². The van der Waals surface area contributed by atoms with Crippen LogP contribution in [0.2, 0.25) is 5.02 Å². The van der Waals surface area contributed by atoms with Gasteiger partial charge in [0.05, 0.1) is 35.6 Å². The van der Waals surface area contributed by atoms with Gasteiger partial charge in [-0.15, -0.1) is 0 Å². The van der Waals surface area contributed by atoms with E-state index in [1.807, 2.05) is 28.8 Å². The van der Waals surface area contributed by atoms with Crippen molar-refractivity contribution in [2.75, 3.05) is 44.7 Å². The van der Waals surface area contributed by atoms with Gasteiger partial charge in [0, 0.05) is 56.6 Å². The number of hydrogen-bond donors (Lipinski definition) is 2. The first-order valence-corrected chi connectivity index (χ1v) is 14.6. The molecule has 1 saturated carbocycles. The van der Waals surface area contributed by atoms with Crippen LogP contribution in [0, 0.1) is 5.82 Å². The van der Waals surface area contributed by atoms with Gasteiger partial charge >= 0.3 is 0 Å². The third kappa shape index (κ3) is 6.63. The molecule has 0 spiro atoms. The predicted octanol–water partition coefficient (Wildman–Crippen LogP) is 5.58. The smallest absolute Gasteiger partial charge is 0.126 e. The van der Waals surface area contributed by atoms with Crippen LogP contribution < -0.4 is 10.6 Å². The number of anilines is 1. The van der Waals surface area contributed by atoms with Crippen molar-refractivity contribution in [3.63, 3.8) is 0 Å². The highest BCUT2D eigenvalue weighted by Crippen LogP contribution is 2.32. The Hall–Kier alpha value is -3.04. The van der Waals surface area contributed by atoms with Gasteiger partial charge in [-0.2, -0.15) is 0 Å². The van der Waals surface area contributed by atoms with Crippen LogP contribution in [0.1, 0.15) is 31.2 Å². The quantitative estimate of drug-likeness (QED) is 0.277. The average molecular weight is 563 g/mol. The Morgan fingerprint density at radius 2 is 1.80 bits per heavy atom. The second-order valence-electron chi connectivity index (χ2n) is 10.9. The highest BCUT2D eigenvalue weighted by molar-refractivity contribution is 6.33. The monoisotopic (exact) mass is 562 g/mol. The standard InChI is InChI=1S/C31H36ClFN6O/c32-28-19-35-31(37-26-7-5-25(6-8-26)34-10-11-38-12-14-40-15-13-38)18-27(28)23-4-9-29-30(17-23)39(21-36-29)20-22-2-1-3-24(33)16-22/h1-4,9,16-19,21,25-26,34H,5-8,10-15,20H2,(H,35,37). The summed E-state index contributed by atoms with van der Waals surface area (Å²) in [7, 11) is 0. The summed E-state index contributed by atoms with van der Waals surface area (Å²) in [6, 6.07) is 15.8. The molecule has 1 aliphatic heterocycles. The van der Waals surface area contributed by atoms with Crippen molar-refractivity contribution < 1.29 is 9.13 Å². The minimum atomic E-state index is -0.236. The Labute approximate surface area is 239 Å². The molecule has 6 rings (SSSR count). The maximum Gasteiger partial charge on any atom is 0.126 e. The van der Waals surface area contributed by atoms with Gasteiger partial charge in [-0.3, -0.25) is 4.90 Å². The van der Waals surface area contributed by atoms with Gasteiger partial charge in [-0.1, -0.05) is 29.8 Å². The Kier molecular flexibility index (Phi) is 8.58. The van der Waals surface area contributed by atoms with E-state index in [2.05, 4.69) is 31.6 Å². The van der Waals surface area contributed by atoms with E-state index in [-0.39, 0.29) is 5.82 Å². The Balaban J connectivity index is 1.08. The second kappa shape index (κ2) is 12.6. The summed E-state index contributed by atoms with van der Waals surface area (Å²) in [6.45, 7) is 6.47. The minimum Gasteiger partial charge on any atom is -0.379 e. The van der Waals surface area contributed by atoms with Gasteiger partial charge in [0.1, 0.15) is 11.6 Å². The summed E-state index contributed by atoms with van der Waals surface area (Å²) in [4.78, 5) is 11.6. The molecule has 2 N–H and O–H groups in total. The fourth-order valence-electron chi connectivity index (χ4n) is 5.82. The molecule has 210 valence electrons. The molecule has 2 aromatic heterocycles. The number of pyridine rings is 1. The topological polar surface area (TPSA) is 67.2 Å². The van der Waals surface area contributed by atoms with Crippen LogP contribution in [0.3, 0.4) is 0 Å². The SMILES string of the molecule is Fc1cccc(Cn2cnc3ccc(-c4cc(NC5CCC(NCCN6CCOCC6)CC5)ncc4Cl)cc32)c1. The van der Waals surface area contributed by atoms with Crippen LogP contribution in [0.15, 0.2) is 61.1 Å². The fourth-order valence-corrected chi connectivity index (χ4v) is 6.04. The van der Waals surface area contributed by atoms with Gasteiger partial charge in [-0.05, 0) is 67.1 Å². The fraction of sp³-hybridized carbons (Fsp3) is 0.419. The first-order valence-electron chi connectivity index (χ1n) is 14.3. The average Bonchev–Trinajstić information content (AvgIpc) is 3.37. The predicted molar refractivity (Wildman–Crippen MR) is 158 cm³/mol. The molecule has 7 nitrogen and oxygen atoms in total. The number of aromatic nitrogens is 3. The van der Waals surface area contributed by atoms with Gasteiger partial charge in [-0.25, -0.2) is 14.4 Å². The van der Waals surface area contributed by atoms with E-state index in [9.17, 15) is 4.39 Å². The first-order chi connectivity index (χ1) is 19.6. The minimum absolute atomic E-state index is 0.236. The molecule has 0 bridgehead atoms. The third-order valence-corrected chi connectivity index (χ3v) is 8.37. The maximum absolute atomic E-state index is 13.7. The number of morpholine rings is 1. The van der Waals surface area contributed by atoms with Crippen LogP contribution in [0.4, 0.5) is 10.2 Å². The highest BCUT2D eigenvalue weighted by atomic mass is 35.5. The van der Waals surface area contributed by atoms with Crippen molar-refractivity contribution in [2.24, 2.45) is 0 Å². The van der Waals surface area contributed by atoms with Crippen LogP contribution in [-0.4, -0.2) is 70.9 Å². The van der Waals surface area contributed by atoms with Crippen LogP contribution in [0.25, 0.3) is 22.2 Å². The van der Waals surface area contributed by atoms with E-state index >= 15 is 0 Å². The molecule has 40 heavy (non-hydrogen) atoms. The normalized spacial score (nSPS) is 20.1. The Morgan fingerprint density at radius 1 is 0.975 bits per heavy atom. The third-order valence-electron chi connectivity index (χ3n) is 8.07. The molecule has 1 aliphatic carbocycles. The lowest BCUT2D eigenvalue weighted by Gasteiger charge is -2.31.